The van der Waals surface area contributed by atoms with Gasteiger partial charge >= 0.3 is 0 Å². The third-order valence-corrected chi connectivity index (χ3v) is 10.0. The number of likely N-dealkylation sites (N-methyl/N-ethyl adjacent to an activating group) is 1. The van der Waals surface area contributed by atoms with E-state index in [1.807, 2.05) is 36.9 Å². The molecule has 0 saturated carbocycles. The quantitative estimate of drug-likeness (QED) is 0.324. The summed E-state index contributed by atoms with van der Waals surface area (Å²) in [7, 11) is 4.13. The number of piperidine rings is 1. The van der Waals surface area contributed by atoms with Crippen LogP contribution in [-0.4, -0.2) is 95.3 Å². The van der Waals surface area contributed by atoms with Crippen LogP contribution in [0.2, 0.25) is 5.02 Å². The fraction of sp³-hybridized carbons (Fsp3) is 0.438. The smallest absolute Gasteiger partial charge is 0.245 e. The summed E-state index contributed by atoms with van der Waals surface area (Å²) >= 11 is 6.97. The third kappa shape index (κ3) is 4.45. The van der Waals surface area contributed by atoms with Gasteiger partial charge in [0.15, 0.2) is 5.82 Å². The molecule has 0 unspecified atom stereocenters. The normalized spacial score (nSPS) is 18.5. The van der Waals surface area contributed by atoms with Crippen LogP contribution < -0.4 is 9.80 Å². The number of carbonyl (C=O) groups excluding carboxylic acids is 1. The number of aromatic amines is 1. The molecule has 1 N–H and O–H groups in total. The summed E-state index contributed by atoms with van der Waals surface area (Å²) in [6.45, 7) is 12.1. The highest BCUT2D eigenvalue weighted by molar-refractivity contribution is 6.35. The molecule has 0 aliphatic carbocycles. The number of H-pyrrole nitrogens is 1. The van der Waals surface area contributed by atoms with E-state index in [2.05, 4.69) is 45.6 Å². The van der Waals surface area contributed by atoms with Crippen molar-refractivity contribution in [3.05, 3.63) is 53.0 Å². The van der Waals surface area contributed by atoms with E-state index in [1.165, 1.54) is 6.08 Å². The van der Waals surface area contributed by atoms with Crippen molar-refractivity contribution < 1.29 is 9.18 Å². The fourth-order valence-corrected chi connectivity index (χ4v) is 7.26. The number of hydrogen-bond donors (Lipinski definition) is 1. The Bertz CT molecular complexity index is 1780. The van der Waals surface area contributed by atoms with E-state index in [0.29, 0.717) is 33.8 Å². The van der Waals surface area contributed by atoms with Crippen molar-refractivity contribution in [1.82, 2.24) is 30.0 Å². The van der Waals surface area contributed by atoms with E-state index in [0.717, 1.165) is 79.8 Å². The number of rotatable bonds is 5. The van der Waals surface area contributed by atoms with Crippen molar-refractivity contribution in [3.8, 4) is 11.1 Å². The number of hydrogen-bond acceptors (Lipinski definition) is 7. The van der Waals surface area contributed by atoms with Crippen LogP contribution in [0.25, 0.3) is 32.9 Å². The number of aryl methyl sites for hydroxylation is 2. The number of likely N-dealkylation sites (tertiary alicyclic amines) is 1. The predicted octanol–water partition coefficient (Wildman–Crippen LogP) is 4.95. The summed E-state index contributed by atoms with van der Waals surface area (Å²) in [5, 5.41) is 9.23. The number of amides is 1. The highest BCUT2D eigenvalue weighted by Crippen LogP contribution is 2.45. The van der Waals surface area contributed by atoms with Crippen molar-refractivity contribution >= 4 is 51.1 Å². The van der Waals surface area contributed by atoms with Crippen LogP contribution >= 0.6 is 11.6 Å². The monoisotopic (exact) mass is 602 g/mol. The molecule has 11 heteroatoms. The van der Waals surface area contributed by atoms with Crippen molar-refractivity contribution in [2.24, 2.45) is 5.41 Å². The Morgan fingerprint density at radius 1 is 1.14 bits per heavy atom. The molecule has 1 amide bonds. The zero-order valence-corrected chi connectivity index (χ0v) is 25.8. The lowest BCUT2D eigenvalue weighted by molar-refractivity contribution is -0.139. The van der Waals surface area contributed by atoms with Crippen molar-refractivity contribution in [2.45, 2.75) is 32.7 Å². The first kappa shape index (κ1) is 28.0. The Morgan fingerprint density at radius 2 is 1.86 bits per heavy atom. The molecule has 2 aromatic carbocycles. The van der Waals surface area contributed by atoms with Gasteiger partial charge in [0.1, 0.15) is 11.3 Å². The number of anilines is 2. The van der Waals surface area contributed by atoms with Gasteiger partial charge in [0.25, 0.3) is 0 Å². The lowest BCUT2D eigenvalue weighted by Crippen LogP contribution is -2.61. The lowest BCUT2D eigenvalue weighted by atomic mass is 9.72. The molecule has 2 aromatic heterocycles. The van der Waals surface area contributed by atoms with Crippen LogP contribution in [0.4, 0.5) is 16.2 Å². The predicted molar refractivity (Wildman–Crippen MR) is 169 cm³/mol. The van der Waals surface area contributed by atoms with Gasteiger partial charge < -0.3 is 19.6 Å². The molecule has 3 aliphatic heterocycles. The number of halogens is 2. The zero-order valence-electron chi connectivity index (χ0n) is 25.0. The number of fused-ring (bicyclic) bond motifs is 2. The first-order valence-corrected chi connectivity index (χ1v) is 15.2. The summed E-state index contributed by atoms with van der Waals surface area (Å²) in [4.78, 5) is 30.4. The average molecular weight is 603 g/mol. The maximum Gasteiger partial charge on any atom is 0.245 e. The van der Waals surface area contributed by atoms with Gasteiger partial charge in [0.05, 0.1) is 10.5 Å². The molecule has 3 saturated heterocycles. The summed E-state index contributed by atoms with van der Waals surface area (Å²) in [6, 6.07) is 6.11. The van der Waals surface area contributed by atoms with Crippen molar-refractivity contribution in [1.29, 1.82) is 0 Å². The molecule has 3 aliphatic rings. The van der Waals surface area contributed by atoms with Crippen molar-refractivity contribution in [2.75, 3.05) is 63.2 Å². The van der Waals surface area contributed by atoms with Gasteiger partial charge in [-0.25, -0.2) is 9.37 Å². The second-order valence-corrected chi connectivity index (χ2v) is 13.1. The molecule has 0 radical (unpaired) electrons. The van der Waals surface area contributed by atoms with E-state index in [1.54, 1.807) is 0 Å². The summed E-state index contributed by atoms with van der Waals surface area (Å²) in [6.07, 6.45) is 3.24. The van der Waals surface area contributed by atoms with Crippen molar-refractivity contribution in [3.63, 3.8) is 0 Å². The number of carbonyl (C=O) groups is 1. The van der Waals surface area contributed by atoms with Crippen LogP contribution in [0.3, 0.4) is 0 Å². The number of aromatic nitrogens is 4. The number of benzene rings is 2. The Balaban J connectivity index is 1.32. The minimum Gasteiger partial charge on any atom is -0.356 e. The van der Waals surface area contributed by atoms with Gasteiger partial charge in [0, 0.05) is 78.3 Å². The molecular weight excluding hydrogens is 567 g/mol. The molecule has 43 heavy (non-hydrogen) atoms. The molecule has 0 atom stereocenters. The summed E-state index contributed by atoms with van der Waals surface area (Å²) in [5.41, 5.74) is 3.99. The number of nitrogens with one attached hydrogen (secondary N) is 1. The second kappa shape index (κ2) is 10.2. The van der Waals surface area contributed by atoms with Gasteiger partial charge in [-0.2, -0.15) is 10.1 Å². The summed E-state index contributed by atoms with van der Waals surface area (Å²) in [5.74, 6) is 0.791. The van der Waals surface area contributed by atoms with Gasteiger partial charge in [-0.05, 0) is 64.6 Å². The highest BCUT2D eigenvalue weighted by Gasteiger charge is 2.46. The Morgan fingerprint density at radius 3 is 2.53 bits per heavy atom. The van der Waals surface area contributed by atoms with Gasteiger partial charge in [0.2, 0.25) is 11.9 Å². The van der Waals surface area contributed by atoms with Crippen LogP contribution in [0.15, 0.2) is 30.9 Å². The Labute approximate surface area is 255 Å². The van der Waals surface area contributed by atoms with Crippen LogP contribution in [0.5, 0.6) is 0 Å². The van der Waals surface area contributed by atoms with Gasteiger partial charge in [-0.1, -0.05) is 24.2 Å². The minimum atomic E-state index is -0.445. The second-order valence-electron chi connectivity index (χ2n) is 12.7. The van der Waals surface area contributed by atoms with E-state index in [9.17, 15) is 4.79 Å². The van der Waals surface area contributed by atoms with E-state index >= 15 is 4.39 Å². The third-order valence-electron chi connectivity index (χ3n) is 9.75. The lowest BCUT2D eigenvalue weighted by Gasteiger charge is -2.54. The number of nitrogens with zero attached hydrogens (tertiary/aromatic N) is 7. The topological polar surface area (TPSA) is 84.5 Å². The van der Waals surface area contributed by atoms with E-state index < -0.39 is 5.82 Å². The highest BCUT2D eigenvalue weighted by atomic mass is 35.5. The first-order chi connectivity index (χ1) is 20.6. The molecular formula is C32H36ClFN8O. The zero-order chi connectivity index (χ0) is 30.2. The molecule has 224 valence electrons. The maximum absolute atomic E-state index is 16.9. The molecule has 0 bridgehead atoms. The maximum atomic E-state index is 16.9. The molecule has 4 aromatic rings. The molecule has 1 spiro atoms. The Hall–Kier alpha value is -3.76. The largest absolute Gasteiger partial charge is 0.356 e. The fourth-order valence-electron chi connectivity index (χ4n) is 6.97. The van der Waals surface area contributed by atoms with E-state index in [4.69, 9.17) is 21.6 Å². The van der Waals surface area contributed by atoms with Crippen LogP contribution in [0.1, 0.15) is 24.1 Å². The van der Waals surface area contributed by atoms with Gasteiger partial charge in [-0.15, -0.1) is 0 Å². The SMILES string of the molecule is C=CC(=O)N1CC2(CCN(c3nc(N4CC(N(C)C)C4)nc4c(F)c(-c5c(C)ccc6n[nH]c(C)c56)c(Cl)cc34)CC2)C1. The molecule has 7 rings (SSSR count). The molecule has 9 nitrogen and oxygen atoms in total. The minimum absolute atomic E-state index is 0.0115. The first-order valence-electron chi connectivity index (χ1n) is 14.8. The van der Waals surface area contributed by atoms with Crippen LogP contribution in [-0.2, 0) is 4.79 Å². The molecule has 5 heterocycles. The summed E-state index contributed by atoms with van der Waals surface area (Å²) < 4.78 is 16.9. The van der Waals surface area contributed by atoms with Crippen LogP contribution in [0, 0.1) is 25.1 Å². The molecule has 3 fully saturated rings. The van der Waals surface area contributed by atoms with Gasteiger partial charge in [-0.3, -0.25) is 9.89 Å². The van der Waals surface area contributed by atoms with E-state index in [-0.39, 0.29) is 16.8 Å². The average Bonchev–Trinajstić information content (AvgIpc) is 3.32. The standard InChI is InChI=1S/C32H36ClFN8O/c1-6-24(43)42-16-32(17-42)9-11-40(12-10-32)30-21-13-22(33)27(25-18(2)7-8-23-26(25)19(3)37-38-23)28(34)29(21)35-31(36-30)41-14-20(15-41)39(4)5/h6-8,13,20H,1,9-12,14-17H2,2-5H3,(H,37,38). The Kier molecular flexibility index (Phi) is 6.63.